The standard InChI is InChI=1S/C22H30F2N4O3S/c1-4-7-13-25-19-12-11-16(32(30,31)28(5-2)6-3)14-20(19)26-15-21(29)27-22-17(23)9-8-10-18(22)24/h8-12,14,25-26H,4-7,13,15H2,1-3H3,(H,27,29). The maximum absolute atomic E-state index is 13.8. The fourth-order valence-electron chi connectivity index (χ4n) is 3.07. The first-order chi connectivity index (χ1) is 15.2. The maximum atomic E-state index is 13.8. The van der Waals surface area contributed by atoms with Gasteiger partial charge >= 0.3 is 0 Å². The Morgan fingerprint density at radius 3 is 2.22 bits per heavy atom. The number of benzene rings is 2. The molecule has 2 rings (SSSR count). The predicted molar refractivity (Wildman–Crippen MR) is 123 cm³/mol. The zero-order valence-electron chi connectivity index (χ0n) is 18.5. The van der Waals surface area contributed by atoms with Gasteiger partial charge in [-0.2, -0.15) is 4.31 Å². The van der Waals surface area contributed by atoms with Crippen molar-refractivity contribution in [2.75, 3.05) is 42.1 Å². The minimum absolute atomic E-state index is 0.0882. The van der Waals surface area contributed by atoms with E-state index in [-0.39, 0.29) is 11.4 Å². The molecular weight excluding hydrogens is 438 g/mol. The molecule has 1 amide bonds. The molecule has 0 bridgehead atoms. The van der Waals surface area contributed by atoms with Crippen molar-refractivity contribution in [1.82, 2.24) is 4.31 Å². The van der Waals surface area contributed by atoms with E-state index in [1.165, 1.54) is 22.5 Å². The fourth-order valence-corrected chi connectivity index (χ4v) is 4.56. The second kappa shape index (κ2) is 11.8. The first kappa shape index (κ1) is 25.5. The summed E-state index contributed by atoms with van der Waals surface area (Å²) in [5, 5.41) is 8.31. The minimum Gasteiger partial charge on any atom is -0.383 e. The fraction of sp³-hybridized carbons (Fsp3) is 0.409. The molecule has 176 valence electrons. The number of amides is 1. The van der Waals surface area contributed by atoms with Gasteiger partial charge in [0.2, 0.25) is 15.9 Å². The minimum atomic E-state index is -3.70. The van der Waals surface area contributed by atoms with Crippen molar-refractivity contribution >= 4 is 33.0 Å². The number of para-hydroxylation sites is 1. The highest BCUT2D eigenvalue weighted by Crippen LogP contribution is 2.27. The van der Waals surface area contributed by atoms with Crippen LogP contribution >= 0.6 is 0 Å². The molecule has 0 aliphatic heterocycles. The van der Waals surface area contributed by atoms with Crippen LogP contribution < -0.4 is 16.0 Å². The molecule has 32 heavy (non-hydrogen) atoms. The van der Waals surface area contributed by atoms with Gasteiger partial charge in [0.15, 0.2) is 0 Å². The lowest BCUT2D eigenvalue weighted by Crippen LogP contribution is -2.30. The van der Waals surface area contributed by atoms with Crippen LogP contribution in [-0.4, -0.2) is 44.8 Å². The molecule has 0 aliphatic carbocycles. The third kappa shape index (κ3) is 6.39. The Bertz CT molecular complexity index is 1010. The van der Waals surface area contributed by atoms with Crippen molar-refractivity contribution < 1.29 is 22.0 Å². The molecule has 0 saturated carbocycles. The number of anilines is 3. The van der Waals surface area contributed by atoms with Crippen LogP contribution in [0.4, 0.5) is 25.8 Å². The lowest BCUT2D eigenvalue weighted by atomic mass is 10.2. The summed E-state index contributed by atoms with van der Waals surface area (Å²) in [5.41, 5.74) is 0.499. The number of carbonyl (C=O) groups excluding carboxylic acids is 1. The van der Waals surface area contributed by atoms with E-state index in [4.69, 9.17) is 0 Å². The number of halogens is 2. The molecule has 0 heterocycles. The Morgan fingerprint density at radius 1 is 0.969 bits per heavy atom. The van der Waals surface area contributed by atoms with Crippen LogP contribution in [0.1, 0.15) is 33.6 Å². The van der Waals surface area contributed by atoms with E-state index in [1.54, 1.807) is 19.9 Å². The first-order valence-electron chi connectivity index (χ1n) is 10.6. The zero-order chi connectivity index (χ0) is 23.7. The SMILES string of the molecule is CCCCNc1ccc(S(=O)(=O)N(CC)CC)cc1NCC(=O)Nc1c(F)cccc1F. The van der Waals surface area contributed by atoms with Crippen molar-refractivity contribution in [1.29, 1.82) is 0 Å². The van der Waals surface area contributed by atoms with E-state index in [9.17, 15) is 22.0 Å². The summed E-state index contributed by atoms with van der Waals surface area (Å²) in [4.78, 5) is 12.4. The highest BCUT2D eigenvalue weighted by Gasteiger charge is 2.23. The molecule has 0 atom stereocenters. The van der Waals surface area contributed by atoms with Crippen molar-refractivity contribution in [3.05, 3.63) is 48.0 Å². The molecule has 0 radical (unpaired) electrons. The molecule has 3 N–H and O–H groups in total. The molecule has 2 aromatic carbocycles. The van der Waals surface area contributed by atoms with Gasteiger partial charge in [0.25, 0.3) is 0 Å². The van der Waals surface area contributed by atoms with E-state index in [2.05, 4.69) is 16.0 Å². The average molecular weight is 469 g/mol. The second-order valence-electron chi connectivity index (χ2n) is 7.08. The number of hydrogen-bond acceptors (Lipinski definition) is 5. The summed E-state index contributed by atoms with van der Waals surface area (Å²) in [5.74, 6) is -2.44. The van der Waals surface area contributed by atoms with E-state index in [1.807, 2.05) is 6.92 Å². The van der Waals surface area contributed by atoms with Gasteiger partial charge in [0.1, 0.15) is 17.3 Å². The maximum Gasteiger partial charge on any atom is 0.243 e. The Balaban J connectivity index is 2.25. The summed E-state index contributed by atoms with van der Waals surface area (Å²) < 4.78 is 54.7. The molecule has 0 unspecified atom stereocenters. The first-order valence-corrected chi connectivity index (χ1v) is 12.0. The number of hydrogen-bond donors (Lipinski definition) is 3. The molecular formula is C22H30F2N4O3S. The van der Waals surface area contributed by atoms with Gasteiger partial charge in [0.05, 0.1) is 22.8 Å². The topological polar surface area (TPSA) is 90.5 Å². The van der Waals surface area contributed by atoms with Gasteiger partial charge in [-0.05, 0) is 36.8 Å². The number of rotatable bonds is 12. The van der Waals surface area contributed by atoms with Crippen LogP contribution in [-0.2, 0) is 14.8 Å². The van der Waals surface area contributed by atoms with Crippen LogP contribution in [0.15, 0.2) is 41.3 Å². The third-order valence-corrected chi connectivity index (χ3v) is 6.89. The molecule has 10 heteroatoms. The monoisotopic (exact) mass is 468 g/mol. The van der Waals surface area contributed by atoms with Crippen LogP contribution in [0.25, 0.3) is 0 Å². The Labute approximate surface area is 188 Å². The van der Waals surface area contributed by atoms with E-state index >= 15 is 0 Å². The van der Waals surface area contributed by atoms with Gasteiger partial charge in [0, 0.05) is 19.6 Å². The third-order valence-electron chi connectivity index (χ3n) is 4.85. The molecule has 0 saturated heterocycles. The van der Waals surface area contributed by atoms with Crippen LogP contribution in [0.3, 0.4) is 0 Å². The number of nitrogens with one attached hydrogen (secondary N) is 3. The highest BCUT2D eigenvalue weighted by atomic mass is 32.2. The van der Waals surface area contributed by atoms with Crippen LogP contribution in [0.2, 0.25) is 0 Å². The molecule has 0 aliphatic rings. The smallest absolute Gasteiger partial charge is 0.243 e. The number of unbranched alkanes of at least 4 members (excludes halogenated alkanes) is 1. The number of carbonyl (C=O) groups is 1. The van der Waals surface area contributed by atoms with Crippen molar-refractivity contribution in [2.24, 2.45) is 0 Å². The van der Waals surface area contributed by atoms with Crippen molar-refractivity contribution in [3.8, 4) is 0 Å². The van der Waals surface area contributed by atoms with Gasteiger partial charge in [-0.1, -0.05) is 33.3 Å². The number of sulfonamides is 1. The summed E-state index contributed by atoms with van der Waals surface area (Å²) in [6.45, 7) is 6.57. The Kier molecular flexibility index (Phi) is 9.40. The van der Waals surface area contributed by atoms with Gasteiger partial charge in [-0.15, -0.1) is 0 Å². The van der Waals surface area contributed by atoms with E-state index in [0.29, 0.717) is 31.0 Å². The summed E-state index contributed by atoms with van der Waals surface area (Å²) >= 11 is 0. The highest BCUT2D eigenvalue weighted by molar-refractivity contribution is 7.89. The zero-order valence-corrected chi connectivity index (χ0v) is 19.4. The average Bonchev–Trinajstić information content (AvgIpc) is 2.76. The van der Waals surface area contributed by atoms with E-state index < -0.39 is 33.3 Å². The molecule has 2 aromatic rings. The molecule has 0 fully saturated rings. The van der Waals surface area contributed by atoms with Crippen LogP contribution in [0.5, 0.6) is 0 Å². The molecule has 7 nitrogen and oxygen atoms in total. The van der Waals surface area contributed by atoms with Gasteiger partial charge in [-0.25, -0.2) is 17.2 Å². The van der Waals surface area contributed by atoms with Crippen LogP contribution in [0, 0.1) is 11.6 Å². The second-order valence-corrected chi connectivity index (χ2v) is 9.01. The summed E-state index contributed by atoms with van der Waals surface area (Å²) in [7, 11) is -3.70. The van der Waals surface area contributed by atoms with Crippen molar-refractivity contribution in [2.45, 2.75) is 38.5 Å². The largest absolute Gasteiger partial charge is 0.383 e. The predicted octanol–water partition coefficient (Wildman–Crippen LogP) is 4.26. The van der Waals surface area contributed by atoms with Crippen molar-refractivity contribution in [3.63, 3.8) is 0 Å². The lowest BCUT2D eigenvalue weighted by molar-refractivity contribution is -0.114. The number of nitrogens with zero attached hydrogens (tertiary/aromatic N) is 1. The summed E-state index contributed by atoms with van der Waals surface area (Å²) in [6, 6.07) is 7.91. The quantitative estimate of drug-likeness (QED) is 0.405. The summed E-state index contributed by atoms with van der Waals surface area (Å²) in [6.07, 6.45) is 1.88. The molecule has 0 spiro atoms. The Hall–Kier alpha value is -2.72. The van der Waals surface area contributed by atoms with Gasteiger partial charge in [-0.3, -0.25) is 4.79 Å². The normalized spacial score (nSPS) is 11.4. The van der Waals surface area contributed by atoms with E-state index in [0.717, 1.165) is 25.0 Å². The Morgan fingerprint density at radius 2 is 1.62 bits per heavy atom. The molecule has 0 aromatic heterocycles. The lowest BCUT2D eigenvalue weighted by Gasteiger charge is -2.20. The van der Waals surface area contributed by atoms with Gasteiger partial charge < -0.3 is 16.0 Å².